The summed E-state index contributed by atoms with van der Waals surface area (Å²) in [7, 11) is 1.28. The topological polar surface area (TPSA) is 107 Å². The van der Waals surface area contributed by atoms with Gasteiger partial charge in [-0.1, -0.05) is 35.9 Å². The Hall–Kier alpha value is -4.15. The number of esters is 2. The van der Waals surface area contributed by atoms with Crippen molar-refractivity contribution in [1.29, 1.82) is 0 Å². The van der Waals surface area contributed by atoms with E-state index in [1.54, 1.807) is 41.8 Å². The number of benzene rings is 2. The number of halogens is 2. The predicted molar refractivity (Wildman–Crippen MR) is 146 cm³/mol. The highest BCUT2D eigenvalue weighted by Gasteiger charge is 2.28. The first-order valence-corrected chi connectivity index (χ1v) is 13.1. The van der Waals surface area contributed by atoms with Crippen molar-refractivity contribution in [3.63, 3.8) is 0 Å². The number of methoxy groups -OCH3 is 1. The minimum atomic E-state index is -0.671. The Kier molecular flexibility index (Phi) is 7.67. The summed E-state index contributed by atoms with van der Waals surface area (Å²) in [6.07, 6.45) is 2.67. The summed E-state index contributed by atoms with van der Waals surface area (Å²) in [4.78, 5) is 46.1. The van der Waals surface area contributed by atoms with Crippen molar-refractivity contribution in [3.05, 3.63) is 86.8 Å². The van der Waals surface area contributed by atoms with Gasteiger partial charge in [-0.3, -0.25) is 14.9 Å². The molecule has 0 saturated carbocycles. The molecule has 0 aliphatic heterocycles. The molecule has 0 fully saturated rings. The molecule has 1 aliphatic carbocycles. The van der Waals surface area contributed by atoms with E-state index in [-0.39, 0.29) is 22.1 Å². The summed E-state index contributed by atoms with van der Waals surface area (Å²) in [6, 6.07) is 11.6. The number of anilines is 1. The number of para-hydroxylation sites is 1. The number of hydrogen-bond donors (Lipinski definition) is 1. The normalized spacial score (nSPS) is 13.4. The summed E-state index contributed by atoms with van der Waals surface area (Å²) in [5.74, 6) is -2.14. The van der Waals surface area contributed by atoms with Crippen LogP contribution in [0.25, 0.3) is 22.6 Å². The minimum absolute atomic E-state index is 0.0162. The molecule has 2 heterocycles. The van der Waals surface area contributed by atoms with Gasteiger partial charge in [0.15, 0.2) is 11.7 Å². The van der Waals surface area contributed by atoms with Gasteiger partial charge in [0.25, 0.3) is 5.91 Å². The van der Waals surface area contributed by atoms with Crippen LogP contribution in [0.5, 0.6) is 0 Å². The fourth-order valence-corrected chi connectivity index (χ4v) is 5.30. The van der Waals surface area contributed by atoms with Crippen LogP contribution in [0.1, 0.15) is 39.3 Å². The number of carbonyl (C=O) groups excluding carboxylic acids is 3. The molecule has 39 heavy (non-hydrogen) atoms. The van der Waals surface area contributed by atoms with Gasteiger partial charge in [0.2, 0.25) is 0 Å². The number of hydrogen-bond acceptors (Lipinski definition) is 8. The first kappa shape index (κ1) is 26.5. The lowest BCUT2D eigenvalue weighted by Crippen LogP contribution is -2.21. The molecule has 198 valence electrons. The molecule has 1 N–H and O–H groups in total. The van der Waals surface area contributed by atoms with Crippen LogP contribution in [0.3, 0.4) is 0 Å². The lowest BCUT2D eigenvalue weighted by Gasteiger charge is -2.12. The second kappa shape index (κ2) is 11.3. The highest BCUT2D eigenvalue weighted by Crippen LogP contribution is 2.38. The van der Waals surface area contributed by atoms with E-state index in [0.29, 0.717) is 46.3 Å². The Morgan fingerprint density at radius 2 is 1.95 bits per heavy atom. The largest absolute Gasteiger partial charge is 0.469 e. The Morgan fingerprint density at radius 3 is 2.74 bits per heavy atom. The van der Waals surface area contributed by atoms with Gasteiger partial charge in [0.1, 0.15) is 5.82 Å². The molecule has 1 amide bonds. The van der Waals surface area contributed by atoms with Gasteiger partial charge >= 0.3 is 11.9 Å². The summed E-state index contributed by atoms with van der Waals surface area (Å²) in [5, 5.41) is 5.34. The Labute approximate surface area is 231 Å². The van der Waals surface area contributed by atoms with Crippen LogP contribution in [0, 0.1) is 5.82 Å². The van der Waals surface area contributed by atoms with Gasteiger partial charge in [-0.15, -0.1) is 11.3 Å². The van der Waals surface area contributed by atoms with Gasteiger partial charge in [0, 0.05) is 16.3 Å². The lowest BCUT2D eigenvalue weighted by molar-refractivity contribution is -0.139. The quantitative estimate of drug-likeness (QED) is 0.296. The summed E-state index contributed by atoms with van der Waals surface area (Å²) in [5.41, 5.74) is 3.60. The van der Waals surface area contributed by atoms with Crippen molar-refractivity contribution in [2.24, 2.45) is 0 Å². The van der Waals surface area contributed by atoms with E-state index < -0.39 is 30.3 Å². The third kappa shape index (κ3) is 5.67. The number of ether oxygens (including phenoxy) is 2. The molecule has 0 unspecified atom stereocenters. The molecular weight excluding hydrogens is 545 g/mol. The number of carbonyl (C=O) groups is 3. The van der Waals surface area contributed by atoms with Crippen molar-refractivity contribution in [3.8, 4) is 0 Å². The van der Waals surface area contributed by atoms with Crippen molar-refractivity contribution in [2.75, 3.05) is 19.0 Å². The summed E-state index contributed by atoms with van der Waals surface area (Å²) in [6.45, 7) is -0.538. The maximum absolute atomic E-state index is 14.5. The van der Waals surface area contributed by atoms with Crippen LogP contribution in [-0.4, -0.2) is 41.5 Å². The highest BCUT2D eigenvalue weighted by atomic mass is 35.5. The molecule has 4 aromatic rings. The maximum atomic E-state index is 14.5. The van der Waals surface area contributed by atoms with E-state index in [1.807, 2.05) is 0 Å². The predicted octanol–water partition coefficient (Wildman–Crippen LogP) is 5.48. The average molecular weight is 566 g/mol. The summed E-state index contributed by atoms with van der Waals surface area (Å²) >= 11 is 7.37. The van der Waals surface area contributed by atoms with Crippen molar-refractivity contribution >= 4 is 68.5 Å². The van der Waals surface area contributed by atoms with Crippen LogP contribution in [-0.2, 0) is 31.9 Å². The molecule has 0 radical (unpaired) electrons. The average Bonchev–Trinajstić information content (AvgIpc) is 3.54. The Bertz CT molecular complexity index is 1630. The fourth-order valence-electron chi connectivity index (χ4n) is 4.36. The van der Waals surface area contributed by atoms with E-state index >= 15 is 0 Å². The molecule has 0 bridgehead atoms. The van der Waals surface area contributed by atoms with Crippen LogP contribution in [0.2, 0.25) is 5.02 Å². The van der Waals surface area contributed by atoms with E-state index in [0.717, 1.165) is 16.9 Å². The number of nitrogens with zero attached hydrogens (tertiary/aromatic N) is 2. The second-order valence-corrected chi connectivity index (χ2v) is 9.92. The first-order valence-electron chi connectivity index (χ1n) is 11.9. The van der Waals surface area contributed by atoms with Crippen LogP contribution < -0.4 is 5.32 Å². The monoisotopic (exact) mass is 565 g/mol. The number of allylic oxidation sites excluding steroid dienone is 1. The molecule has 11 heteroatoms. The zero-order valence-electron chi connectivity index (χ0n) is 20.6. The number of amides is 1. The molecule has 2 aromatic heterocycles. The van der Waals surface area contributed by atoms with E-state index in [1.165, 1.54) is 19.2 Å². The minimum Gasteiger partial charge on any atom is -0.469 e. The number of aromatic nitrogens is 2. The van der Waals surface area contributed by atoms with Gasteiger partial charge in [-0.05, 0) is 48.3 Å². The molecule has 1 aliphatic rings. The van der Waals surface area contributed by atoms with Crippen molar-refractivity contribution in [1.82, 2.24) is 9.97 Å². The number of fused-ring (bicyclic) bond motifs is 2. The van der Waals surface area contributed by atoms with E-state index in [4.69, 9.17) is 21.3 Å². The van der Waals surface area contributed by atoms with Crippen molar-refractivity contribution < 1.29 is 28.2 Å². The van der Waals surface area contributed by atoms with E-state index in [2.05, 4.69) is 15.0 Å². The summed E-state index contributed by atoms with van der Waals surface area (Å²) < 4.78 is 24.5. The Balaban J connectivity index is 1.38. The molecule has 2 aromatic carbocycles. The number of rotatable bonds is 7. The molecule has 0 atom stereocenters. The smallest absolute Gasteiger partial charge is 0.339 e. The molecular formula is C28H21ClFN3O5S. The van der Waals surface area contributed by atoms with Crippen LogP contribution >= 0.6 is 22.9 Å². The standard InChI is InChI=1S/C28H21ClFN3O5S/c1-37-24(35)12-16-14-39-28(31-16)33-23(34)13-38-27(36)25-17-5-2-3-8-22(17)32-26-15(9-10-18(25)26)11-19-20(29)6-4-7-21(19)30/h2-8,11,14H,9-10,12-13H2,1H3,(H,31,33,34)/b15-11-. The zero-order valence-corrected chi connectivity index (χ0v) is 22.2. The lowest BCUT2D eigenvalue weighted by atomic mass is 10.0. The fraction of sp³-hybridized carbons (Fsp3) is 0.179. The molecule has 0 saturated heterocycles. The third-order valence-corrected chi connectivity index (χ3v) is 7.29. The third-order valence-electron chi connectivity index (χ3n) is 6.15. The van der Waals surface area contributed by atoms with Gasteiger partial charge in [-0.25, -0.2) is 19.2 Å². The van der Waals surface area contributed by atoms with Gasteiger partial charge in [0.05, 0.1) is 41.0 Å². The molecule has 0 spiro atoms. The maximum Gasteiger partial charge on any atom is 0.339 e. The van der Waals surface area contributed by atoms with Gasteiger partial charge < -0.3 is 9.47 Å². The van der Waals surface area contributed by atoms with E-state index in [9.17, 15) is 18.8 Å². The Morgan fingerprint density at radius 1 is 1.13 bits per heavy atom. The van der Waals surface area contributed by atoms with Crippen LogP contribution in [0.15, 0.2) is 47.8 Å². The number of pyridine rings is 1. The number of thiazole rings is 1. The highest BCUT2D eigenvalue weighted by molar-refractivity contribution is 7.13. The van der Waals surface area contributed by atoms with Gasteiger partial charge in [-0.2, -0.15) is 0 Å². The SMILES string of the molecule is COC(=O)Cc1csc(NC(=O)COC(=O)c2c3c(nc4ccccc24)/C(=C\c2c(F)cccc2Cl)CC3)n1. The first-order chi connectivity index (χ1) is 18.8. The second-order valence-electron chi connectivity index (χ2n) is 8.66. The molecule has 5 rings (SSSR count). The van der Waals surface area contributed by atoms with Crippen molar-refractivity contribution in [2.45, 2.75) is 19.3 Å². The zero-order chi connectivity index (χ0) is 27.5. The van der Waals surface area contributed by atoms with Crippen LogP contribution in [0.4, 0.5) is 9.52 Å². The number of nitrogens with one attached hydrogen (secondary N) is 1. The molecule has 8 nitrogen and oxygen atoms in total.